The fourth-order valence-corrected chi connectivity index (χ4v) is 4.43. The van der Waals surface area contributed by atoms with Crippen LogP contribution in [0.15, 0.2) is 76.5 Å². The van der Waals surface area contributed by atoms with Gasteiger partial charge < -0.3 is 5.11 Å². The molecule has 0 aromatic heterocycles. The summed E-state index contributed by atoms with van der Waals surface area (Å²) < 4.78 is 0. The number of fused-ring (bicyclic) bond motifs is 2. The SMILES string of the molecule is Cc1ccc2c(c1)C(O)(c1ccccc1)c1cc(C)ccc1S2. The third-order valence-electron chi connectivity index (χ3n) is 4.46. The van der Waals surface area contributed by atoms with Gasteiger partial charge >= 0.3 is 0 Å². The molecule has 0 spiro atoms. The Morgan fingerprint density at radius 1 is 0.739 bits per heavy atom. The number of rotatable bonds is 1. The Morgan fingerprint density at radius 3 is 1.78 bits per heavy atom. The number of aryl methyl sites for hydroxylation is 2. The molecule has 0 amide bonds. The molecule has 4 rings (SSSR count). The van der Waals surface area contributed by atoms with Crippen molar-refractivity contribution in [2.24, 2.45) is 0 Å². The lowest BCUT2D eigenvalue weighted by Gasteiger charge is -2.37. The number of hydrogen-bond acceptors (Lipinski definition) is 2. The van der Waals surface area contributed by atoms with E-state index in [0.29, 0.717) is 0 Å². The summed E-state index contributed by atoms with van der Waals surface area (Å²) in [4.78, 5) is 2.25. The normalized spacial score (nSPS) is 14.9. The molecule has 0 unspecified atom stereocenters. The van der Waals surface area contributed by atoms with Crippen LogP contribution in [0.3, 0.4) is 0 Å². The first-order valence-electron chi connectivity index (χ1n) is 7.77. The molecule has 0 radical (unpaired) electrons. The molecule has 1 nitrogen and oxygen atoms in total. The van der Waals surface area contributed by atoms with Crippen molar-refractivity contribution >= 4 is 11.8 Å². The zero-order chi connectivity index (χ0) is 16.0. The van der Waals surface area contributed by atoms with Crippen molar-refractivity contribution in [3.05, 3.63) is 94.5 Å². The third kappa shape index (κ3) is 2.21. The Morgan fingerprint density at radius 2 is 1.26 bits per heavy atom. The highest BCUT2D eigenvalue weighted by molar-refractivity contribution is 7.99. The van der Waals surface area contributed by atoms with Gasteiger partial charge in [-0.05, 0) is 31.5 Å². The molecule has 0 fully saturated rings. The Bertz CT molecular complexity index is 832. The molecule has 3 aromatic carbocycles. The van der Waals surface area contributed by atoms with E-state index in [4.69, 9.17) is 0 Å². The molecule has 1 N–H and O–H groups in total. The van der Waals surface area contributed by atoms with E-state index in [-0.39, 0.29) is 0 Å². The second-order valence-corrected chi connectivity index (χ2v) is 7.26. The molecular weight excluding hydrogens is 300 g/mol. The Kier molecular flexibility index (Phi) is 3.33. The van der Waals surface area contributed by atoms with Crippen LogP contribution in [-0.4, -0.2) is 5.11 Å². The largest absolute Gasteiger partial charge is 0.376 e. The molecule has 1 heterocycles. The summed E-state index contributed by atoms with van der Waals surface area (Å²) in [5, 5.41) is 11.9. The Balaban J connectivity index is 2.08. The maximum atomic E-state index is 11.9. The molecule has 0 atom stereocenters. The highest BCUT2D eigenvalue weighted by atomic mass is 32.2. The summed E-state index contributed by atoms with van der Waals surface area (Å²) in [6, 6.07) is 22.6. The monoisotopic (exact) mass is 318 g/mol. The summed E-state index contributed by atoms with van der Waals surface area (Å²) in [5.41, 5.74) is 4.09. The second kappa shape index (κ2) is 5.26. The van der Waals surface area contributed by atoms with Gasteiger partial charge in [0, 0.05) is 20.9 Å². The van der Waals surface area contributed by atoms with Crippen LogP contribution in [0.2, 0.25) is 0 Å². The maximum Gasteiger partial charge on any atom is 0.142 e. The quantitative estimate of drug-likeness (QED) is 0.677. The lowest BCUT2D eigenvalue weighted by Crippen LogP contribution is -2.32. The zero-order valence-corrected chi connectivity index (χ0v) is 14.0. The molecular formula is C21H18OS. The van der Waals surface area contributed by atoms with Gasteiger partial charge in [-0.3, -0.25) is 0 Å². The molecule has 2 heteroatoms. The van der Waals surface area contributed by atoms with Crippen LogP contribution in [0.25, 0.3) is 0 Å². The highest BCUT2D eigenvalue weighted by Crippen LogP contribution is 2.51. The van der Waals surface area contributed by atoms with Gasteiger partial charge in [-0.1, -0.05) is 77.5 Å². The number of aliphatic hydroxyl groups is 1. The van der Waals surface area contributed by atoms with Crippen LogP contribution in [0.5, 0.6) is 0 Å². The van der Waals surface area contributed by atoms with Crippen molar-refractivity contribution in [1.82, 2.24) is 0 Å². The lowest BCUT2D eigenvalue weighted by atomic mass is 9.79. The first kappa shape index (κ1) is 14.6. The summed E-state index contributed by atoms with van der Waals surface area (Å²) >= 11 is 1.74. The number of benzene rings is 3. The van der Waals surface area contributed by atoms with Crippen molar-refractivity contribution in [3.63, 3.8) is 0 Å². The van der Waals surface area contributed by atoms with E-state index in [1.54, 1.807) is 11.8 Å². The Hall–Kier alpha value is -2.03. The molecule has 1 aliphatic rings. The van der Waals surface area contributed by atoms with Gasteiger partial charge in [0.25, 0.3) is 0 Å². The molecule has 23 heavy (non-hydrogen) atoms. The van der Waals surface area contributed by atoms with Crippen LogP contribution < -0.4 is 0 Å². The molecule has 0 saturated carbocycles. The van der Waals surface area contributed by atoms with Crippen LogP contribution >= 0.6 is 11.8 Å². The Labute approximate surface area is 141 Å². The van der Waals surface area contributed by atoms with Gasteiger partial charge in [0.05, 0.1) is 0 Å². The van der Waals surface area contributed by atoms with E-state index >= 15 is 0 Å². The van der Waals surface area contributed by atoms with Crippen molar-refractivity contribution in [2.45, 2.75) is 29.2 Å². The average molecular weight is 318 g/mol. The maximum absolute atomic E-state index is 11.9. The molecule has 1 aliphatic heterocycles. The van der Waals surface area contributed by atoms with E-state index in [1.807, 2.05) is 30.3 Å². The fourth-order valence-electron chi connectivity index (χ4n) is 3.29. The third-order valence-corrected chi connectivity index (χ3v) is 5.61. The van der Waals surface area contributed by atoms with Crippen molar-refractivity contribution in [2.75, 3.05) is 0 Å². The van der Waals surface area contributed by atoms with Crippen LogP contribution in [0.4, 0.5) is 0 Å². The van der Waals surface area contributed by atoms with Crippen LogP contribution in [-0.2, 0) is 5.60 Å². The van der Waals surface area contributed by atoms with Gasteiger partial charge in [-0.25, -0.2) is 0 Å². The first-order chi connectivity index (χ1) is 11.1. The first-order valence-corrected chi connectivity index (χ1v) is 8.59. The van der Waals surface area contributed by atoms with Gasteiger partial charge in [0.2, 0.25) is 0 Å². The average Bonchev–Trinajstić information content (AvgIpc) is 2.57. The molecule has 114 valence electrons. The summed E-state index contributed by atoms with van der Waals surface area (Å²) in [6.45, 7) is 4.14. The zero-order valence-electron chi connectivity index (χ0n) is 13.2. The number of hydrogen-bond donors (Lipinski definition) is 1. The van der Waals surface area contributed by atoms with Crippen molar-refractivity contribution in [3.8, 4) is 0 Å². The van der Waals surface area contributed by atoms with Crippen LogP contribution in [0.1, 0.15) is 27.8 Å². The lowest BCUT2D eigenvalue weighted by molar-refractivity contribution is 0.118. The van der Waals surface area contributed by atoms with Gasteiger partial charge in [0.1, 0.15) is 5.60 Å². The van der Waals surface area contributed by atoms with Crippen molar-refractivity contribution < 1.29 is 5.11 Å². The second-order valence-electron chi connectivity index (χ2n) is 6.18. The van der Waals surface area contributed by atoms with E-state index in [1.165, 1.54) is 0 Å². The molecule has 3 aromatic rings. The van der Waals surface area contributed by atoms with Crippen LogP contribution in [0, 0.1) is 13.8 Å². The van der Waals surface area contributed by atoms with E-state index in [0.717, 1.165) is 37.6 Å². The minimum absolute atomic E-state index is 0.916. The van der Waals surface area contributed by atoms with E-state index in [9.17, 15) is 5.11 Å². The minimum Gasteiger partial charge on any atom is -0.376 e. The predicted octanol–water partition coefficient (Wildman–Crippen LogP) is 5.05. The van der Waals surface area contributed by atoms with Gasteiger partial charge in [-0.15, -0.1) is 0 Å². The van der Waals surface area contributed by atoms with E-state index in [2.05, 4.69) is 50.2 Å². The van der Waals surface area contributed by atoms with E-state index < -0.39 is 5.60 Å². The summed E-state index contributed by atoms with van der Waals surface area (Å²) in [6.07, 6.45) is 0. The summed E-state index contributed by atoms with van der Waals surface area (Å²) in [5.74, 6) is 0. The van der Waals surface area contributed by atoms with Crippen molar-refractivity contribution in [1.29, 1.82) is 0 Å². The van der Waals surface area contributed by atoms with Gasteiger partial charge in [-0.2, -0.15) is 0 Å². The highest BCUT2D eigenvalue weighted by Gasteiger charge is 2.41. The molecule has 0 saturated heterocycles. The molecule has 0 aliphatic carbocycles. The predicted molar refractivity (Wildman–Crippen MR) is 95.0 cm³/mol. The van der Waals surface area contributed by atoms with Gasteiger partial charge in [0.15, 0.2) is 0 Å². The standard InChI is InChI=1S/C21H18OS/c1-14-8-10-19-17(12-14)21(22,16-6-4-3-5-7-16)18-13-15(2)9-11-20(18)23-19/h3-13,22H,1-2H3. The molecule has 0 bridgehead atoms. The minimum atomic E-state index is -1.10. The fraction of sp³-hybridized carbons (Fsp3) is 0.143. The topological polar surface area (TPSA) is 20.2 Å². The summed E-state index contributed by atoms with van der Waals surface area (Å²) in [7, 11) is 0. The smallest absolute Gasteiger partial charge is 0.142 e.